The van der Waals surface area contributed by atoms with E-state index in [4.69, 9.17) is 20.8 Å². The molecule has 1 aliphatic heterocycles. The third-order valence-electron chi connectivity index (χ3n) is 5.08. The third kappa shape index (κ3) is 3.85. The van der Waals surface area contributed by atoms with Crippen LogP contribution in [0.1, 0.15) is 19.8 Å². The van der Waals surface area contributed by atoms with Crippen LogP contribution in [0.15, 0.2) is 51.7 Å². The highest BCUT2D eigenvalue weighted by Crippen LogP contribution is 2.39. The Hall–Kier alpha value is -2.86. The summed E-state index contributed by atoms with van der Waals surface area (Å²) >= 11 is 6.32. The van der Waals surface area contributed by atoms with Crippen molar-refractivity contribution in [3.63, 3.8) is 0 Å². The van der Waals surface area contributed by atoms with Crippen LogP contribution in [0.5, 0.6) is 5.75 Å². The smallest absolute Gasteiger partial charge is 0.379 e. The summed E-state index contributed by atoms with van der Waals surface area (Å²) in [7, 11) is 0. The molecule has 1 atom stereocenters. The number of hydrogen-bond donors (Lipinski definition) is 0. The monoisotopic (exact) mass is 415 g/mol. The van der Waals surface area contributed by atoms with E-state index in [1.54, 1.807) is 23.1 Å². The molecule has 0 aliphatic carbocycles. The first-order valence-corrected chi connectivity index (χ1v) is 9.75. The molecule has 1 aromatic heterocycles. The van der Waals surface area contributed by atoms with Gasteiger partial charge in [0.15, 0.2) is 0 Å². The van der Waals surface area contributed by atoms with Crippen molar-refractivity contribution in [3.8, 4) is 16.9 Å². The molecule has 0 spiro atoms. The maximum Gasteiger partial charge on any atom is 0.379 e. The van der Waals surface area contributed by atoms with Gasteiger partial charge in [-0.3, -0.25) is 4.79 Å². The number of para-hydroxylation sites is 1. The number of amides is 1. The largest absolute Gasteiger partial charge is 0.481 e. The van der Waals surface area contributed by atoms with Gasteiger partial charge in [-0.2, -0.15) is 0 Å². The maximum atomic E-state index is 13.6. The van der Waals surface area contributed by atoms with Crippen molar-refractivity contribution in [1.82, 2.24) is 4.90 Å². The Bertz CT molecular complexity index is 1140. The van der Waals surface area contributed by atoms with Crippen LogP contribution in [0.4, 0.5) is 4.39 Å². The van der Waals surface area contributed by atoms with E-state index in [1.807, 2.05) is 6.07 Å². The molecule has 0 saturated carbocycles. The number of rotatable bonds is 3. The van der Waals surface area contributed by atoms with Crippen LogP contribution in [0.25, 0.3) is 22.1 Å². The van der Waals surface area contributed by atoms with Crippen molar-refractivity contribution in [2.24, 2.45) is 0 Å². The molecule has 29 heavy (non-hydrogen) atoms. The molecule has 1 aliphatic rings. The number of benzene rings is 2. The highest BCUT2D eigenvalue weighted by Gasteiger charge is 2.27. The van der Waals surface area contributed by atoms with Gasteiger partial charge in [0.2, 0.25) is 11.7 Å². The van der Waals surface area contributed by atoms with Crippen molar-refractivity contribution < 1.29 is 18.3 Å². The molecule has 0 bridgehead atoms. The zero-order valence-electron chi connectivity index (χ0n) is 15.8. The van der Waals surface area contributed by atoms with Crippen LogP contribution in [0.3, 0.4) is 0 Å². The molecular weight excluding hydrogens is 397 g/mol. The number of ether oxygens (including phenoxy) is 1. The fourth-order valence-corrected chi connectivity index (χ4v) is 3.95. The lowest BCUT2D eigenvalue weighted by Crippen LogP contribution is -2.43. The summed E-state index contributed by atoms with van der Waals surface area (Å²) in [6, 6.07) is 11.0. The Balaban J connectivity index is 1.86. The molecule has 1 saturated heterocycles. The Morgan fingerprint density at radius 3 is 2.83 bits per heavy atom. The second-order valence-corrected chi connectivity index (χ2v) is 7.47. The number of hydrogen-bond acceptors (Lipinski definition) is 4. The van der Waals surface area contributed by atoms with Gasteiger partial charge in [0.25, 0.3) is 0 Å². The van der Waals surface area contributed by atoms with Gasteiger partial charge in [0, 0.05) is 30.0 Å². The van der Waals surface area contributed by atoms with Gasteiger partial charge < -0.3 is 14.1 Å². The highest BCUT2D eigenvalue weighted by atomic mass is 35.5. The van der Waals surface area contributed by atoms with Gasteiger partial charge in [-0.25, -0.2) is 9.18 Å². The number of piperidine rings is 1. The minimum atomic E-state index is -0.640. The summed E-state index contributed by atoms with van der Waals surface area (Å²) in [4.78, 5) is 26.2. The number of nitrogens with zero attached hydrogens (tertiary/aromatic N) is 1. The van der Waals surface area contributed by atoms with Crippen LogP contribution in [-0.2, 0) is 4.79 Å². The van der Waals surface area contributed by atoms with E-state index >= 15 is 0 Å². The number of carbonyl (C=O) groups is 1. The van der Waals surface area contributed by atoms with Gasteiger partial charge in [0.1, 0.15) is 17.5 Å². The summed E-state index contributed by atoms with van der Waals surface area (Å²) < 4.78 is 25.2. The van der Waals surface area contributed by atoms with Crippen molar-refractivity contribution in [2.45, 2.75) is 25.9 Å². The summed E-state index contributed by atoms with van der Waals surface area (Å²) in [5, 5.41) is 0.800. The van der Waals surface area contributed by atoms with Crippen LogP contribution < -0.4 is 10.4 Å². The summed E-state index contributed by atoms with van der Waals surface area (Å²) in [5.41, 5.74) is 0.682. The summed E-state index contributed by atoms with van der Waals surface area (Å²) in [5.74, 6) is -0.490. The predicted molar refractivity (Wildman–Crippen MR) is 109 cm³/mol. The van der Waals surface area contributed by atoms with E-state index < -0.39 is 11.4 Å². The van der Waals surface area contributed by atoms with E-state index in [-0.39, 0.29) is 22.8 Å². The Morgan fingerprint density at radius 2 is 2.07 bits per heavy atom. The van der Waals surface area contributed by atoms with E-state index in [2.05, 4.69) is 0 Å². The van der Waals surface area contributed by atoms with Gasteiger partial charge >= 0.3 is 5.63 Å². The first-order valence-electron chi connectivity index (χ1n) is 9.37. The highest BCUT2D eigenvalue weighted by molar-refractivity contribution is 6.33. The number of carbonyl (C=O) groups excluding carboxylic acids is 1. The molecule has 0 N–H and O–H groups in total. The average molecular weight is 416 g/mol. The third-order valence-corrected chi connectivity index (χ3v) is 5.39. The SMILES string of the molecule is CC(=O)N1CCCC(Oc2c(-c3ccc(F)cc3Cl)c3ccccc3oc2=O)C1. The number of halogens is 2. The molecule has 1 fully saturated rings. The van der Waals surface area contributed by atoms with E-state index in [0.717, 1.165) is 6.42 Å². The Kier molecular flexibility index (Phi) is 5.28. The number of likely N-dealkylation sites (tertiary alicyclic amines) is 1. The minimum absolute atomic E-state index is 0.0209. The molecule has 7 heteroatoms. The molecule has 2 aromatic carbocycles. The molecule has 5 nitrogen and oxygen atoms in total. The van der Waals surface area contributed by atoms with E-state index in [9.17, 15) is 14.0 Å². The zero-order chi connectivity index (χ0) is 20.5. The minimum Gasteiger partial charge on any atom is -0.481 e. The second-order valence-electron chi connectivity index (χ2n) is 7.06. The predicted octanol–water partition coefficient (Wildman–Crippen LogP) is 4.64. The van der Waals surface area contributed by atoms with Crippen LogP contribution in [-0.4, -0.2) is 30.0 Å². The fraction of sp³-hybridized carbons (Fsp3) is 0.273. The molecule has 1 unspecified atom stereocenters. The first-order chi connectivity index (χ1) is 13.9. The lowest BCUT2D eigenvalue weighted by molar-refractivity contribution is -0.131. The maximum absolute atomic E-state index is 13.6. The van der Waals surface area contributed by atoms with Gasteiger partial charge in [0.05, 0.1) is 11.6 Å². The quantitative estimate of drug-likeness (QED) is 0.584. The standard InChI is InChI=1S/C22H19ClFNO4/c1-13(26)25-10-4-5-15(12-25)28-21-20(16-9-8-14(24)11-18(16)23)17-6-2-3-7-19(17)29-22(21)27/h2-3,6-9,11,15H,4-5,10,12H2,1H3. The molecule has 150 valence electrons. The van der Waals surface area contributed by atoms with Gasteiger partial charge in [-0.05, 0) is 37.1 Å². The van der Waals surface area contributed by atoms with E-state index in [0.29, 0.717) is 41.6 Å². The second kappa shape index (κ2) is 7.87. The molecule has 3 aromatic rings. The molecular formula is C22H19ClFNO4. The fourth-order valence-electron chi connectivity index (χ4n) is 3.69. The summed E-state index contributed by atoms with van der Waals surface area (Å²) in [6.07, 6.45) is 1.12. The van der Waals surface area contributed by atoms with Crippen LogP contribution in [0, 0.1) is 5.82 Å². The average Bonchev–Trinajstić information content (AvgIpc) is 2.69. The molecule has 4 rings (SSSR count). The topological polar surface area (TPSA) is 59.8 Å². The van der Waals surface area contributed by atoms with Crippen molar-refractivity contribution in [2.75, 3.05) is 13.1 Å². The lowest BCUT2D eigenvalue weighted by Gasteiger charge is -2.32. The molecule has 1 amide bonds. The van der Waals surface area contributed by atoms with Crippen molar-refractivity contribution in [1.29, 1.82) is 0 Å². The zero-order valence-corrected chi connectivity index (χ0v) is 16.5. The molecule has 2 heterocycles. The van der Waals surface area contributed by atoms with Crippen LogP contribution >= 0.6 is 11.6 Å². The van der Waals surface area contributed by atoms with Gasteiger partial charge in [-0.1, -0.05) is 29.8 Å². The van der Waals surface area contributed by atoms with Crippen molar-refractivity contribution >= 4 is 28.5 Å². The Morgan fingerprint density at radius 1 is 1.28 bits per heavy atom. The lowest BCUT2D eigenvalue weighted by atomic mass is 10.0. The van der Waals surface area contributed by atoms with E-state index in [1.165, 1.54) is 25.1 Å². The Labute approximate surface area is 171 Å². The van der Waals surface area contributed by atoms with Crippen LogP contribution in [0.2, 0.25) is 5.02 Å². The normalized spacial score (nSPS) is 16.8. The number of fused-ring (bicyclic) bond motifs is 1. The first kappa shape index (κ1) is 19.5. The van der Waals surface area contributed by atoms with Gasteiger partial charge in [-0.15, -0.1) is 0 Å². The molecule has 0 radical (unpaired) electrons. The summed E-state index contributed by atoms with van der Waals surface area (Å²) in [6.45, 7) is 2.56. The van der Waals surface area contributed by atoms with Crippen molar-refractivity contribution in [3.05, 3.63) is 63.7 Å².